The van der Waals surface area contributed by atoms with E-state index in [1.165, 1.54) is 7.11 Å². The molecule has 9 heteroatoms. The number of hydrogen-bond donors (Lipinski definition) is 4. The number of hydrogen-bond acceptors (Lipinski definition) is 7. The fraction of sp³-hybridized carbons (Fsp3) is 0.269. The van der Waals surface area contributed by atoms with Crippen molar-refractivity contribution in [1.29, 1.82) is 0 Å². The summed E-state index contributed by atoms with van der Waals surface area (Å²) >= 11 is 0. The summed E-state index contributed by atoms with van der Waals surface area (Å²) in [5.74, 6) is -0.614. The second-order valence-electron chi connectivity index (χ2n) is 8.24. The Kier molecular flexibility index (Phi) is 7.82. The van der Waals surface area contributed by atoms with Gasteiger partial charge < -0.3 is 34.7 Å². The predicted octanol–water partition coefficient (Wildman–Crippen LogP) is 0.510. The Bertz CT molecular complexity index is 1150. The van der Waals surface area contributed by atoms with Gasteiger partial charge in [-0.2, -0.15) is 0 Å². The standard InChI is InChI=1S/C26H28NO7P/c1-33-26-22(24(30)23(29)20(16-28)34-26)27-25(31)19-14-8-9-15-21(19)35(32,17-10-4-2-5-11-17)18-12-6-3-7-13-18/h2-15,20,22-24,26,28-30H,16H2,1H3,(H,27,31)/t20?,22-,23-,24?,26?/m0/s1. The minimum absolute atomic E-state index is 0.157. The van der Waals surface area contributed by atoms with Gasteiger partial charge in [0.15, 0.2) is 13.4 Å². The lowest BCUT2D eigenvalue weighted by Crippen LogP contribution is -2.64. The highest BCUT2D eigenvalue weighted by molar-refractivity contribution is 7.85. The van der Waals surface area contributed by atoms with Crippen LogP contribution in [0.5, 0.6) is 0 Å². The van der Waals surface area contributed by atoms with Gasteiger partial charge in [0.1, 0.15) is 24.4 Å². The maximum Gasteiger partial charge on any atom is 0.252 e. The Labute approximate surface area is 203 Å². The van der Waals surface area contributed by atoms with Crippen LogP contribution in [0, 0.1) is 0 Å². The molecule has 1 amide bonds. The number of nitrogens with one attached hydrogen (secondary N) is 1. The number of ether oxygens (including phenoxy) is 2. The summed E-state index contributed by atoms with van der Waals surface area (Å²) in [5.41, 5.74) is 0.157. The zero-order chi connectivity index (χ0) is 25.0. The Balaban J connectivity index is 1.76. The number of rotatable bonds is 7. The predicted molar refractivity (Wildman–Crippen MR) is 132 cm³/mol. The van der Waals surface area contributed by atoms with Gasteiger partial charge in [-0.1, -0.05) is 78.9 Å². The van der Waals surface area contributed by atoms with E-state index in [0.29, 0.717) is 15.9 Å². The fourth-order valence-corrected chi connectivity index (χ4v) is 7.16. The van der Waals surface area contributed by atoms with E-state index in [2.05, 4.69) is 5.32 Å². The molecule has 35 heavy (non-hydrogen) atoms. The van der Waals surface area contributed by atoms with E-state index in [1.54, 1.807) is 72.8 Å². The van der Waals surface area contributed by atoms with Crippen LogP contribution in [0.4, 0.5) is 0 Å². The number of carbonyl (C=O) groups excluding carboxylic acids is 1. The summed E-state index contributed by atoms with van der Waals surface area (Å²) in [6.07, 6.45) is -5.08. The van der Waals surface area contributed by atoms with E-state index in [0.717, 1.165) is 0 Å². The van der Waals surface area contributed by atoms with E-state index < -0.39 is 50.3 Å². The van der Waals surface area contributed by atoms with E-state index >= 15 is 0 Å². The van der Waals surface area contributed by atoms with Gasteiger partial charge in [-0.05, 0) is 6.07 Å². The second kappa shape index (κ2) is 10.8. The minimum Gasteiger partial charge on any atom is -0.394 e. The molecule has 1 heterocycles. The number of carbonyl (C=O) groups is 1. The molecule has 0 radical (unpaired) electrons. The van der Waals surface area contributed by atoms with E-state index in [-0.39, 0.29) is 5.56 Å². The fourth-order valence-electron chi connectivity index (χ4n) is 4.31. The number of aliphatic hydroxyl groups is 3. The van der Waals surface area contributed by atoms with Gasteiger partial charge >= 0.3 is 0 Å². The molecule has 0 bridgehead atoms. The van der Waals surface area contributed by atoms with Crippen LogP contribution >= 0.6 is 7.14 Å². The quantitative estimate of drug-likeness (QED) is 0.351. The molecule has 1 fully saturated rings. The van der Waals surface area contributed by atoms with Gasteiger partial charge in [0.05, 0.1) is 12.2 Å². The van der Waals surface area contributed by atoms with Crippen molar-refractivity contribution in [3.8, 4) is 0 Å². The first kappa shape index (κ1) is 25.3. The molecule has 0 saturated carbocycles. The average molecular weight is 497 g/mol. The van der Waals surface area contributed by atoms with Crippen LogP contribution < -0.4 is 21.2 Å². The van der Waals surface area contributed by atoms with Gasteiger partial charge in [0.2, 0.25) is 0 Å². The average Bonchev–Trinajstić information content (AvgIpc) is 2.92. The zero-order valence-electron chi connectivity index (χ0n) is 19.1. The number of benzene rings is 3. The third kappa shape index (κ3) is 4.82. The lowest BCUT2D eigenvalue weighted by molar-refractivity contribution is -0.261. The Morgan fingerprint density at radius 2 is 1.46 bits per heavy atom. The van der Waals surface area contributed by atoms with Crippen LogP contribution in [0.25, 0.3) is 0 Å². The number of aliphatic hydroxyl groups excluding tert-OH is 3. The van der Waals surface area contributed by atoms with Crippen LogP contribution in [0.15, 0.2) is 84.9 Å². The van der Waals surface area contributed by atoms with Crippen molar-refractivity contribution in [1.82, 2.24) is 5.32 Å². The molecule has 8 nitrogen and oxygen atoms in total. The second-order valence-corrected chi connectivity index (χ2v) is 11.0. The van der Waals surface area contributed by atoms with E-state index in [4.69, 9.17) is 9.47 Å². The normalized spacial score (nSPS) is 24.6. The molecule has 1 aliphatic heterocycles. The van der Waals surface area contributed by atoms with Crippen LogP contribution in [0.2, 0.25) is 0 Å². The maximum atomic E-state index is 14.8. The summed E-state index contributed by atoms with van der Waals surface area (Å²) in [7, 11) is -2.12. The summed E-state index contributed by atoms with van der Waals surface area (Å²) in [4.78, 5) is 13.5. The summed E-state index contributed by atoms with van der Waals surface area (Å²) in [6, 6.07) is 23.4. The number of amides is 1. The van der Waals surface area contributed by atoms with Gasteiger partial charge in [-0.25, -0.2) is 0 Å². The van der Waals surface area contributed by atoms with E-state index in [1.807, 2.05) is 12.1 Å². The third-order valence-corrected chi connectivity index (χ3v) is 9.26. The van der Waals surface area contributed by atoms with Crippen LogP contribution in [0.1, 0.15) is 10.4 Å². The highest BCUT2D eigenvalue weighted by Gasteiger charge is 2.45. The minimum atomic E-state index is -3.45. The first-order valence-electron chi connectivity index (χ1n) is 11.2. The monoisotopic (exact) mass is 497 g/mol. The van der Waals surface area contributed by atoms with Crippen molar-refractivity contribution in [3.63, 3.8) is 0 Å². The van der Waals surface area contributed by atoms with Crippen LogP contribution in [-0.2, 0) is 14.0 Å². The third-order valence-electron chi connectivity index (χ3n) is 6.14. The van der Waals surface area contributed by atoms with Gasteiger partial charge in [-0.3, -0.25) is 4.79 Å². The summed E-state index contributed by atoms with van der Waals surface area (Å²) in [5, 5.41) is 34.5. The highest BCUT2D eigenvalue weighted by atomic mass is 31.2. The molecular weight excluding hydrogens is 469 g/mol. The Morgan fingerprint density at radius 1 is 0.914 bits per heavy atom. The van der Waals surface area contributed by atoms with Crippen molar-refractivity contribution < 1.29 is 34.2 Å². The molecule has 4 rings (SSSR count). The molecule has 1 aliphatic rings. The molecule has 3 unspecified atom stereocenters. The largest absolute Gasteiger partial charge is 0.394 e. The maximum absolute atomic E-state index is 14.8. The molecule has 1 saturated heterocycles. The SMILES string of the molecule is COC1OC(CO)[C@H](O)C(O)[C@@H]1NC(=O)c1ccccc1P(=O)(c1ccccc1)c1ccccc1. The van der Waals surface area contributed by atoms with Crippen molar-refractivity contribution >= 4 is 29.0 Å². The molecule has 0 aromatic heterocycles. The molecule has 184 valence electrons. The first-order valence-corrected chi connectivity index (χ1v) is 12.9. The Morgan fingerprint density at radius 3 is 2.00 bits per heavy atom. The molecule has 0 aliphatic carbocycles. The topological polar surface area (TPSA) is 125 Å². The smallest absolute Gasteiger partial charge is 0.252 e. The zero-order valence-corrected chi connectivity index (χ0v) is 20.0. The van der Waals surface area contributed by atoms with Crippen molar-refractivity contribution in [2.45, 2.75) is 30.6 Å². The molecule has 3 aromatic rings. The first-order chi connectivity index (χ1) is 16.9. The number of methoxy groups -OCH3 is 1. The molecule has 0 spiro atoms. The van der Waals surface area contributed by atoms with Crippen LogP contribution in [-0.4, -0.2) is 65.6 Å². The summed E-state index contributed by atoms with van der Waals surface area (Å²) < 4.78 is 25.6. The Hall–Kier alpha value is -2.84. The van der Waals surface area contributed by atoms with Gasteiger partial charge in [0.25, 0.3) is 5.91 Å². The van der Waals surface area contributed by atoms with Crippen molar-refractivity contribution in [3.05, 3.63) is 90.5 Å². The summed E-state index contributed by atoms with van der Waals surface area (Å²) in [6.45, 7) is -0.529. The molecule has 5 atom stereocenters. The lowest BCUT2D eigenvalue weighted by Gasteiger charge is -2.41. The highest BCUT2D eigenvalue weighted by Crippen LogP contribution is 2.43. The molecular formula is C26H28NO7P. The van der Waals surface area contributed by atoms with Gasteiger partial charge in [0, 0.05) is 23.0 Å². The van der Waals surface area contributed by atoms with Crippen molar-refractivity contribution in [2.24, 2.45) is 0 Å². The van der Waals surface area contributed by atoms with Crippen LogP contribution in [0.3, 0.4) is 0 Å². The molecule has 3 aromatic carbocycles. The van der Waals surface area contributed by atoms with E-state index in [9.17, 15) is 24.7 Å². The van der Waals surface area contributed by atoms with Gasteiger partial charge in [-0.15, -0.1) is 0 Å². The lowest BCUT2D eigenvalue weighted by atomic mass is 9.96. The van der Waals surface area contributed by atoms with Crippen molar-refractivity contribution in [2.75, 3.05) is 13.7 Å². The molecule has 4 N–H and O–H groups in total.